The Kier molecular flexibility index (Phi) is 5.47. The molecule has 3 aromatic heterocycles. The maximum Gasteiger partial charge on any atom is 0.160 e. The van der Waals surface area contributed by atoms with Gasteiger partial charge in [0, 0.05) is 38.5 Å². The molecule has 0 saturated heterocycles. The molecule has 0 fully saturated rings. The van der Waals surface area contributed by atoms with Crippen molar-refractivity contribution in [2.24, 2.45) is 0 Å². The molecule has 9 rings (SSSR count). The van der Waals surface area contributed by atoms with Crippen LogP contribution in [0.1, 0.15) is 0 Å². The van der Waals surface area contributed by atoms with Crippen LogP contribution in [0.2, 0.25) is 0 Å². The summed E-state index contributed by atoms with van der Waals surface area (Å²) < 4.78 is 8.79. The lowest BCUT2D eigenvalue weighted by molar-refractivity contribution is 0.673. The van der Waals surface area contributed by atoms with Crippen LogP contribution in [-0.2, 0) is 0 Å². The smallest absolute Gasteiger partial charge is 0.160 e. The van der Waals surface area contributed by atoms with Crippen molar-refractivity contribution >= 4 is 43.7 Å². The van der Waals surface area contributed by atoms with E-state index in [9.17, 15) is 0 Å². The number of benzene rings is 6. The molecule has 0 atom stereocenters. The first-order chi connectivity index (χ1) is 21.8. The summed E-state index contributed by atoms with van der Waals surface area (Å²) in [6.45, 7) is 0. The molecule has 206 valence electrons. The van der Waals surface area contributed by atoms with Crippen molar-refractivity contribution in [2.45, 2.75) is 0 Å². The number of para-hydroxylation sites is 2. The Morgan fingerprint density at radius 2 is 1.07 bits per heavy atom. The first-order valence-corrected chi connectivity index (χ1v) is 14.8. The summed E-state index contributed by atoms with van der Waals surface area (Å²) in [5.74, 6) is 0.711. The van der Waals surface area contributed by atoms with E-state index in [1.54, 1.807) is 0 Å². The lowest BCUT2D eigenvalue weighted by Gasteiger charge is -2.11. The molecule has 0 aliphatic rings. The van der Waals surface area contributed by atoms with E-state index in [0.717, 1.165) is 72.1 Å². The average Bonchev–Trinajstić information content (AvgIpc) is 3.65. The molecule has 0 saturated carbocycles. The Morgan fingerprint density at radius 3 is 1.82 bits per heavy atom. The van der Waals surface area contributed by atoms with Crippen molar-refractivity contribution in [3.8, 4) is 39.6 Å². The molecule has 0 aliphatic heterocycles. The minimum atomic E-state index is 0.711. The second kappa shape index (κ2) is 9.79. The second-order valence-electron chi connectivity index (χ2n) is 11.0. The van der Waals surface area contributed by atoms with E-state index in [4.69, 9.17) is 14.4 Å². The number of hydrogen-bond acceptors (Lipinski definition) is 3. The van der Waals surface area contributed by atoms with Crippen LogP contribution in [0.15, 0.2) is 156 Å². The van der Waals surface area contributed by atoms with Gasteiger partial charge in [0.1, 0.15) is 11.2 Å². The predicted octanol–water partition coefficient (Wildman–Crippen LogP) is 10.5. The molecule has 0 bridgehead atoms. The van der Waals surface area contributed by atoms with Gasteiger partial charge in [0.25, 0.3) is 0 Å². The number of furan rings is 1. The first kappa shape index (κ1) is 24.6. The summed E-state index contributed by atoms with van der Waals surface area (Å²) in [5.41, 5.74) is 10.0. The second-order valence-corrected chi connectivity index (χ2v) is 11.0. The molecule has 4 heteroatoms. The van der Waals surface area contributed by atoms with Crippen LogP contribution in [0.3, 0.4) is 0 Å². The Labute approximate surface area is 253 Å². The van der Waals surface area contributed by atoms with Crippen molar-refractivity contribution in [3.05, 3.63) is 152 Å². The summed E-state index contributed by atoms with van der Waals surface area (Å²) in [5, 5.41) is 4.58. The molecular formula is C40H25N3O. The van der Waals surface area contributed by atoms with Crippen molar-refractivity contribution in [1.82, 2.24) is 14.5 Å². The summed E-state index contributed by atoms with van der Waals surface area (Å²) in [6, 6.07) is 52.4. The third kappa shape index (κ3) is 3.85. The van der Waals surface area contributed by atoms with Gasteiger partial charge in [-0.15, -0.1) is 0 Å². The Morgan fingerprint density at radius 1 is 0.455 bits per heavy atom. The average molecular weight is 564 g/mol. The van der Waals surface area contributed by atoms with E-state index < -0.39 is 0 Å². The Hall–Kier alpha value is -6.00. The van der Waals surface area contributed by atoms with Crippen LogP contribution in [0.4, 0.5) is 0 Å². The zero-order chi connectivity index (χ0) is 29.0. The third-order valence-corrected chi connectivity index (χ3v) is 8.43. The SMILES string of the molecule is c1ccc(-c2cc(-c3ccc(-n4c5ccccc5c5c6oc7ccccc7c6ccc54)cc3)nc(-c3ccccc3)n2)cc1. The quantitative estimate of drug-likeness (QED) is 0.214. The van der Waals surface area contributed by atoms with Gasteiger partial charge < -0.3 is 8.98 Å². The van der Waals surface area contributed by atoms with Gasteiger partial charge in [-0.1, -0.05) is 109 Å². The molecular weight excluding hydrogens is 538 g/mol. The minimum Gasteiger partial charge on any atom is -0.455 e. The van der Waals surface area contributed by atoms with Crippen LogP contribution < -0.4 is 0 Å². The molecule has 44 heavy (non-hydrogen) atoms. The van der Waals surface area contributed by atoms with Crippen molar-refractivity contribution < 1.29 is 4.42 Å². The largest absolute Gasteiger partial charge is 0.455 e. The summed E-state index contributed by atoms with van der Waals surface area (Å²) in [7, 11) is 0. The topological polar surface area (TPSA) is 43.9 Å². The highest BCUT2D eigenvalue weighted by Gasteiger charge is 2.18. The summed E-state index contributed by atoms with van der Waals surface area (Å²) >= 11 is 0. The summed E-state index contributed by atoms with van der Waals surface area (Å²) in [6.07, 6.45) is 0. The van der Waals surface area contributed by atoms with Gasteiger partial charge >= 0.3 is 0 Å². The molecule has 3 heterocycles. The molecule has 9 aromatic rings. The van der Waals surface area contributed by atoms with Crippen molar-refractivity contribution in [1.29, 1.82) is 0 Å². The molecule has 6 aromatic carbocycles. The van der Waals surface area contributed by atoms with Gasteiger partial charge in [-0.3, -0.25) is 0 Å². The molecule has 0 amide bonds. The van der Waals surface area contributed by atoms with Crippen molar-refractivity contribution in [3.63, 3.8) is 0 Å². The van der Waals surface area contributed by atoms with Gasteiger partial charge in [-0.05, 0) is 42.5 Å². The first-order valence-electron chi connectivity index (χ1n) is 14.8. The van der Waals surface area contributed by atoms with Crippen molar-refractivity contribution in [2.75, 3.05) is 0 Å². The third-order valence-electron chi connectivity index (χ3n) is 8.43. The van der Waals surface area contributed by atoms with Gasteiger partial charge in [-0.25, -0.2) is 9.97 Å². The number of nitrogens with zero attached hydrogens (tertiary/aromatic N) is 3. The zero-order valence-corrected chi connectivity index (χ0v) is 23.7. The molecule has 4 nitrogen and oxygen atoms in total. The predicted molar refractivity (Wildman–Crippen MR) is 180 cm³/mol. The number of aromatic nitrogens is 3. The van der Waals surface area contributed by atoms with Crippen LogP contribution in [0.25, 0.3) is 83.3 Å². The Bertz CT molecular complexity index is 2420. The van der Waals surface area contributed by atoms with E-state index in [1.807, 2.05) is 48.5 Å². The van der Waals surface area contributed by atoms with Gasteiger partial charge in [0.15, 0.2) is 5.82 Å². The van der Waals surface area contributed by atoms with E-state index >= 15 is 0 Å². The van der Waals surface area contributed by atoms with Crippen LogP contribution in [0.5, 0.6) is 0 Å². The Balaban J connectivity index is 1.21. The molecule has 0 N–H and O–H groups in total. The van der Waals surface area contributed by atoms with Gasteiger partial charge in [0.05, 0.1) is 27.8 Å². The lowest BCUT2D eigenvalue weighted by Crippen LogP contribution is -1.97. The monoisotopic (exact) mass is 563 g/mol. The van der Waals surface area contributed by atoms with Crippen LogP contribution in [0, 0.1) is 0 Å². The van der Waals surface area contributed by atoms with Crippen LogP contribution >= 0.6 is 0 Å². The summed E-state index contributed by atoms with van der Waals surface area (Å²) in [4.78, 5) is 9.96. The number of rotatable bonds is 4. The maximum atomic E-state index is 6.47. The van der Waals surface area contributed by atoms with E-state index in [2.05, 4.69) is 108 Å². The highest BCUT2D eigenvalue weighted by molar-refractivity contribution is 6.23. The van der Waals surface area contributed by atoms with Crippen LogP contribution in [-0.4, -0.2) is 14.5 Å². The maximum absolute atomic E-state index is 6.47. The minimum absolute atomic E-state index is 0.711. The molecule has 0 aliphatic carbocycles. The molecule has 0 spiro atoms. The molecule has 0 radical (unpaired) electrons. The number of fused-ring (bicyclic) bond motifs is 7. The fraction of sp³-hybridized carbons (Fsp3) is 0. The van der Waals surface area contributed by atoms with E-state index in [-0.39, 0.29) is 0 Å². The standard InChI is InChI=1S/C40H25N3O/c1-3-11-26(12-4-1)33-25-34(42-40(41-33)28-13-5-2-6-14-28)27-19-21-29(22-20-27)43-35-17-9-7-16-32(35)38-36(43)24-23-31-30-15-8-10-18-37(30)44-39(31)38/h1-25H. The zero-order valence-electron chi connectivity index (χ0n) is 23.7. The van der Waals surface area contributed by atoms with E-state index in [0.29, 0.717) is 5.82 Å². The normalized spacial score (nSPS) is 11.6. The highest BCUT2D eigenvalue weighted by Crippen LogP contribution is 2.40. The fourth-order valence-electron chi connectivity index (χ4n) is 6.36. The lowest BCUT2D eigenvalue weighted by atomic mass is 10.1. The number of hydrogen-bond donors (Lipinski definition) is 0. The van der Waals surface area contributed by atoms with E-state index in [1.165, 1.54) is 5.39 Å². The van der Waals surface area contributed by atoms with Gasteiger partial charge in [-0.2, -0.15) is 0 Å². The molecule has 0 unspecified atom stereocenters. The highest BCUT2D eigenvalue weighted by atomic mass is 16.3. The fourth-order valence-corrected chi connectivity index (χ4v) is 6.36. The van der Waals surface area contributed by atoms with Gasteiger partial charge in [0.2, 0.25) is 0 Å².